The summed E-state index contributed by atoms with van der Waals surface area (Å²) in [5, 5.41) is 6.50. The highest BCUT2D eigenvalue weighted by Gasteiger charge is 2.11. The van der Waals surface area contributed by atoms with Crippen molar-refractivity contribution in [2.75, 3.05) is 44.8 Å². The smallest absolute Gasteiger partial charge is 0.195 e. The van der Waals surface area contributed by atoms with E-state index in [0.29, 0.717) is 26.4 Å². The number of rotatable bonds is 11. The standard InChI is InChI=1S/C23H31N3O3/c1-3-27-16-22(17-28-4-2)29-21-11-7-19(8-12-21)15-18-5-9-20(10-6-18)26-23-24-13-14-25-23/h5-12,22H,3-4,13-17H2,1-2H3,(H2,24,25,26). The van der Waals surface area contributed by atoms with Crippen molar-refractivity contribution in [3.05, 3.63) is 59.7 Å². The SMILES string of the molecule is CCOCC(COCC)Oc1ccc(Cc2ccc(NC3=NCCN3)cc2)cc1. The molecule has 0 amide bonds. The Bertz CT molecular complexity index is 752. The highest BCUT2D eigenvalue weighted by atomic mass is 16.6. The van der Waals surface area contributed by atoms with Gasteiger partial charge in [-0.2, -0.15) is 0 Å². The van der Waals surface area contributed by atoms with Crippen LogP contribution < -0.4 is 15.4 Å². The van der Waals surface area contributed by atoms with E-state index < -0.39 is 0 Å². The quantitative estimate of drug-likeness (QED) is 0.608. The summed E-state index contributed by atoms with van der Waals surface area (Å²) in [6.45, 7) is 8.09. The van der Waals surface area contributed by atoms with Gasteiger partial charge in [-0.25, -0.2) is 0 Å². The van der Waals surface area contributed by atoms with Gasteiger partial charge in [0, 0.05) is 25.4 Å². The number of guanidine groups is 1. The maximum absolute atomic E-state index is 6.03. The second kappa shape index (κ2) is 11.4. The molecule has 1 aliphatic rings. The van der Waals surface area contributed by atoms with E-state index in [4.69, 9.17) is 14.2 Å². The number of anilines is 1. The summed E-state index contributed by atoms with van der Waals surface area (Å²) in [4.78, 5) is 4.35. The van der Waals surface area contributed by atoms with Gasteiger partial charge in [-0.05, 0) is 55.7 Å². The van der Waals surface area contributed by atoms with Crippen LogP contribution in [0.3, 0.4) is 0 Å². The molecule has 2 N–H and O–H groups in total. The fourth-order valence-electron chi connectivity index (χ4n) is 3.05. The van der Waals surface area contributed by atoms with Crippen LogP contribution in [0.5, 0.6) is 5.75 Å². The molecular weight excluding hydrogens is 366 g/mol. The molecule has 2 aromatic carbocycles. The Labute approximate surface area is 173 Å². The van der Waals surface area contributed by atoms with E-state index in [1.54, 1.807) is 0 Å². The molecule has 1 heterocycles. The molecule has 29 heavy (non-hydrogen) atoms. The lowest BCUT2D eigenvalue weighted by Gasteiger charge is -2.19. The number of hydrogen-bond acceptors (Lipinski definition) is 6. The average molecular weight is 398 g/mol. The van der Waals surface area contributed by atoms with Crippen LogP contribution in [0, 0.1) is 0 Å². The fourth-order valence-corrected chi connectivity index (χ4v) is 3.05. The summed E-state index contributed by atoms with van der Waals surface area (Å²) < 4.78 is 17.0. The molecule has 6 nitrogen and oxygen atoms in total. The van der Waals surface area contributed by atoms with Gasteiger partial charge < -0.3 is 24.8 Å². The number of ether oxygens (including phenoxy) is 3. The summed E-state index contributed by atoms with van der Waals surface area (Å²) in [5.74, 6) is 1.68. The number of nitrogens with zero attached hydrogens (tertiary/aromatic N) is 1. The third-order valence-electron chi connectivity index (χ3n) is 4.54. The van der Waals surface area contributed by atoms with Crippen LogP contribution in [0.25, 0.3) is 0 Å². The van der Waals surface area contributed by atoms with Crippen molar-refractivity contribution >= 4 is 11.6 Å². The van der Waals surface area contributed by atoms with E-state index >= 15 is 0 Å². The molecule has 0 unspecified atom stereocenters. The summed E-state index contributed by atoms with van der Waals surface area (Å²) in [5.41, 5.74) is 3.54. The lowest BCUT2D eigenvalue weighted by molar-refractivity contribution is -0.000257. The Hall–Kier alpha value is -2.57. The zero-order valence-electron chi connectivity index (χ0n) is 17.3. The first-order valence-corrected chi connectivity index (χ1v) is 10.3. The van der Waals surface area contributed by atoms with Crippen LogP contribution in [0.2, 0.25) is 0 Å². The molecule has 2 aromatic rings. The lowest BCUT2D eigenvalue weighted by atomic mass is 10.0. The summed E-state index contributed by atoms with van der Waals surface area (Å²) in [7, 11) is 0. The van der Waals surface area contributed by atoms with Gasteiger partial charge in [0.1, 0.15) is 11.9 Å². The second-order valence-corrected chi connectivity index (χ2v) is 6.86. The average Bonchev–Trinajstić information content (AvgIpc) is 3.26. The van der Waals surface area contributed by atoms with Crippen molar-refractivity contribution in [3.8, 4) is 5.75 Å². The largest absolute Gasteiger partial charge is 0.486 e. The molecule has 156 valence electrons. The number of hydrogen-bond donors (Lipinski definition) is 2. The van der Waals surface area contributed by atoms with Crippen molar-refractivity contribution in [2.45, 2.75) is 26.4 Å². The maximum Gasteiger partial charge on any atom is 0.195 e. The van der Waals surface area contributed by atoms with Crippen LogP contribution in [0.4, 0.5) is 5.69 Å². The van der Waals surface area contributed by atoms with E-state index in [2.05, 4.69) is 52.0 Å². The van der Waals surface area contributed by atoms with E-state index in [9.17, 15) is 0 Å². The zero-order valence-corrected chi connectivity index (χ0v) is 17.3. The van der Waals surface area contributed by atoms with Gasteiger partial charge in [0.2, 0.25) is 0 Å². The minimum atomic E-state index is -0.0974. The predicted molar refractivity (Wildman–Crippen MR) is 117 cm³/mol. The van der Waals surface area contributed by atoms with Gasteiger partial charge >= 0.3 is 0 Å². The highest BCUT2D eigenvalue weighted by molar-refractivity contribution is 5.94. The van der Waals surface area contributed by atoms with Crippen molar-refractivity contribution in [1.29, 1.82) is 0 Å². The molecule has 0 bridgehead atoms. The molecule has 3 rings (SSSR count). The Kier molecular flexibility index (Phi) is 8.34. The van der Waals surface area contributed by atoms with Gasteiger partial charge in [0.15, 0.2) is 5.96 Å². The van der Waals surface area contributed by atoms with E-state index in [0.717, 1.165) is 36.9 Å². The Balaban J connectivity index is 1.52. The molecule has 0 aromatic heterocycles. The van der Waals surface area contributed by atoms with Gasteiger partial charge in [-0.3, -0.25) is 4.99 Å². The summed E-state index contributed by atoms with van der Waals surface area (Å²) >= 11 is 0. The van der Waals surface area contributed by atoms with Crippen LogP contribution in [-0.2, 0) is 15.9 Å². The maximum atomic E-state index is 6.03. The first kappa shape index (κ1) is 21.1. The summed E-state index contributed by atoms with van der Waals surface area (Å²) in [6, 6.07) is 16.7. The van der Waals surface area contributed by atoms with Gasteiger partial charge in [-0.15, -0.1) is 0 Å². The third kappa shape index (κ3) is 7.07. The second-order valence-electron chi connectivity index (χ2n) is 6.86. The van der Waals surface area contributed by atoms with Crippen LogP contribution in [-0.4, -0.2) is 51.6 Å². The topological polar surface area (TPSA) is 64.1 Å². The molecule has 1 aliphatic heterocycles. The minimum Gasteiger partial charge on any atom is -0.486 e. The Morgan fingerprint density at radius 3 is 2.10 bits per heavy atom. The zero-order chi connectivity index (χ0) is 20.3. The first-order chi connectivity index (χ1) is 14.3. The molecule has 0 saturated heterocycles. The normalized spacial score (nSPS) is 13.3. The van der Waals surface area contributed by atoms with Crippen molar-refractivity contribution in [3.63, 3.8) is 0 Å². The molecule has 0 radical (unpaired) electrons. The fraction of sp³-hybridized carbons (Fsp3) is 0.435. The molecule has 0 saturated carbocycles. The van der Waals surface area contributed by atoms with Gasteiger partial charge in [0.25, 0.3) is 0 Å². The molecule has 0 spiro atoms. The van der Waals surface area contributed by atoms with E-state index in [-0.39, 0.29) is 6.10 Å². The van der Waals surface area contributed by atoms with Crippen molar-refractivity contribution in [2.24, 2.45) is 4.99 Å². The van der Waals surface area contributed by atoms with Crippen molar-refractivity contribution < 1.29 is 14.2 Å². The summed E-state index contributed by atoms with van der Waals surface area (Å²) in [6.07, 6.45) is 0.779. The van der Waals surface area contributed by atoms with Crippen LogP contribution in [0.15, 0.2) is 53.5 Å². The van der Waals surface area contributed by atoms with E-state index in [1.165, 1.54) is 11.1 Å². The Morgan fingerprint density at radius 1 is 0.931 bits per heavy atom. The number of nitrogens with one attached hydrogen (secondary N) is 2. The molecule has 0 fully saturated rings. The molecular formula is C23H31N3O3. The minimum absolute atomic E-state index is 0.0974. The molecule has 6 heteroatoms. The highest BCUT2D eigenvalue weighted by Crippen LogP contribution is 2.18. The van der Waals surface area contributed by atoms with Crippen LogP contribution in [0.1, 0.15) is 25.0 Å². The van der Waals surface area contributed by atoms with Gasteiger partial charge in [0.05, 0.1) is 19.8 Å². The number of aliphatic imine (C=N–C) groups is 1. The number of benzene rings is 2. The molecule has 0 aliphatic carbocycles. The third-order valence-corrected chi connectivity index (χ3v) is 4.54. The Morgan fingerprint density at radius 2 is 1.55 bits per heavy atom. The lowest BCUT2D eigenvalue weighted by Crippen LogP contribution is -2.28. The van der Waals surface area contributed by atoms with E-state index in [1.807, 2.05) is 26.0 Å². The predicted octanol–water partition coefficient (Wildman–Crippen LogP) is 3.47. The van der Waals surface area contributed by atoms with Gasteiger partial charge in [-0.1, -0.05) is 24.3 Å². The first-order valence-electron chi connectivity index (χ1n) is 10.3. The molecule has 0 atom stereocenters. The monoisotopic (exact) mass is 397 g/mol. The van der Waals surface area contributed by atoms with Crippen LogP contribution >= 0.6 is 0 Å². The van der Waals surface area contributed by atoms with Crippen molar-refractivity contribution in [1.82, 2.24) is 5.32 Å².